The maximum Gasteiger partial charge on any atom is 0.193 e. The fourth-order valence-electron chi connectivity index (χ4n) is 3.56. The molecule has 4 nitrogen and oxygen atoms in total. The molecule has 0 spiro atoms. The molecule has 0 saturated carbocycles. The van der Waals surface area contributed by atoms with Crippen molar-refractivity contribution in [3.8, 4) is 0 Å². The van der Waals surface area contributed by atoms with E-state index in [1.54, 1.807) is 11.3 Å². The number of rotatable bonds is 6. The molecule has 1 aromatic carbocycles. The number of likely N-dealkylation sites (tertiary alicyclic amines) is 1. The second-order valence-corrected chi connectivity index (χ2v) is 7.87. The van der Waals surface area contributed by atoms with E-state index < -0.39 is 0 Å². The number of aryl methyl sites for hydroxylation is 1. The average Bonchev–Trinajstić information content (AvgIpc) is 3.15. The average molecular weight is 371 g/mol. The van der Waals surface area contributed by atoms with Gasteiger partial charge in [0.2, 0.25) is 0 Å². The van der Waals surface area contributed by atoms with Gasteiger partial charge in [-0.3, -0.25) is 4.99 Å². The molecule has 1 N–H and O–H groups in total. The van der Waals surface area contributed by atoms with Gasteiger partial charge in [-0.1, -0.05) is 37.3 Å². The van der Waals surface area contributed by atoms with E-state index in [4.69, 9.17) is 0 Å². The van der Waals surface area contributed by atoms with Crippen LogP contribution < -0.4 is 5.32 Å². The van der Waals surface area contributed by atoms with E-state index in [9.17, 15) is 0 Å². The molecule has 2 aromatic rings. The number of thiazole rings is 1. The zero-order chi connectivity index (χ0) is 18.2. The highest BCUT2D eigenvalue weighted by Crippen LogP contribution is 2.21. The Morgan fingerprint density at radius 2 is 2.04 bits per heavy atom. The fourth-order valence-corrected chi connectivity index (χ4v) is 4.34. The van der Waals surface area contributed by atoms with Crippen LogP contribution in [-0.4, -0.2) is 42.5 Å². The van der Waals surface area contributed by atoms with Gasteiger partial charge in [0.1, 0.15) is 0 Å². The Morgan fingerprint density at radius 1 is 1.27 bits per heavy atom. The van der Waals surface area contributed by atoms with E-state index in [1.807, 2.05) is 7.05 Å². The van der Waals surface area contributed by atoms with Crippen LogP contribution in [0, 0.1) is 5.92 Å². The minimum absolute atomic E-state index is 0.786. The summed E-state index contributed by atoms with van der Waals surface area (Å²) in [6.45, 7) is 5.23. The SMILES string of the molecule is CCc1nc(CCNC(=NC)N2CCC(Cc3ccccc3)CC2)cs1. The van der Waals surface area contributed by atoms with E-state index in [-0.39, 0.29) is 0 Å². The van der Waals surface area contributed by atoms with Crippen molar-refractivity contribution in [3.63, 3.8) is 0 Å². The van der Waals surface area contributed by atoms with Gasteiger partial charge in [-0.2, -0.15) is 0 Å². The summed E-state index contributed by atoms with van der Waals surface area (Å²) in [5.41, 5.74) is 2.65. The van der Waals surface area contributed by atoms with Gasteiger partial charge in [-0.05, 0) is 37.2 Å². The molecule has 0 atom stereocenters. The lowest BCUT2D eigenvalue weighted by molar-refractivity contribution is 0.259. The van der Waals surface area contributed by atoms with E-state index in [1.165, 1.54) is 35.5 Å². The van der Waals surface area contributed by atoms with Gasteiger partial charge in [0.15, 0.2) is 5.96 Å². The number of aromatic nitrogens is 1. The summed E-state index contributed by atoms with van der Waals surface area (Å²) in [6, 6.07) is 10.9. The van der Waals surface area contributed by atoms with Crippen molar-refractivity contribution >= 4 is 17.3 Å². The third kappa shape index (κ3) is 5.31. The highest BCUT2D eigenvalue weighted by molar-refractivity contribution is 7.09. The maximum atomic E-state index is 4.64. The Balaban J connectivity index is 1.41. The van der Waals surface area contributed by atoms with Crippen LogP contribution in [0.5, 0.6) is 0 Å². The van der Waals surface area contributed by atoms with Crippen LogP contribution >= 0.6 is 11.3 Å². The molecule has 1 fully saturated rings. The zero-order valence-electron chi connectivity index (χ0n) is 15.9. The molecule has 1 aromatic heterocycles. The van der Waals surface area contributed by atoms with Crippen molar-refractivity contribution in [1.82, 2.24) is 15.2 Å². The summed E-state index contributed by atoms with van der Waals surface area (Å²) in [7, 11) is 1.89. The van der Waals surface area contributed by atoms with E-state index in [0.717, 1.165) is 44.4 Å². The largest absolute Gasteiger partial charge is 0.356 e. The van der Waals surface area contributed by atoms with Gasteiger partial charge in [-0.25, -0.2) is 4.98 Å². The first kappa shape index (κ1) is 18.9. The lowest BCUT2D eigenvalue weighted by Gasteiger charge is -2.34. The van der Waals surface area contributed by atoms with Crippen LogP contribution in [0.3, 0.4) is 0 Å². The van der Waals surface area contributed by atoms with E-state index in [0.29, 0.717) is 0 Å². The predicted octanol–water partition coefficient (Wildman–Crippen LogP) is 3.78. The van der Waals surface area contributed by atoms with E-state index in [2.05, 4.69) is 62.8 Å². The number of hydrogen-bond acceptors (Lipinski definition) is 3. The standard InChI is InChI=1S/C21H30N4S/c1-3-20-24-19(16-26-20)9-12-23-21(22-2)25-13-10-18(11-14-25)15-17-7-5-4-6-8-17/h4-8,16,18H,3,9-15H2,1-2H3,(H,22,23). The summed E-state index contributed by atoms with van der Waals surface area (Å²) in [4.78, 5) is 11.5. The van der Waals surface area contributed by atoms with Crippen LogP contribution in [0.2, 0.25) is 0 Å². The zero-order valence-corrected chi connectivity index (χ0v) is 16.8. The number of aliphatic imine (C=N–C) groups is 1. The maximum absolute atomic E-state index is 4.64. The van der Waals surface area contributed by atoms with Gasteiger partial charge in [0.25, 0.3) is 0 Å². The Labute approximate surface area is 161 Å². The molecular weight excluding hydrogens is 340 g/mol. The van der Waals surface area contributed by atoms with Gasteiger partial charge < -0.3 is 10.2 Å². The van der Waals surface area contributed by atoms with Crippen molar-refractivity contribution in [2.45, 2.75) is 39.0 Å². The number of benzene rings is 1. The number of nitrogens with one attached hydrogen (secondary N) is 1. The molecule has 26 heavy (non-hydrogen) atoms. The van der Waals surface area contributed by atoms with Crippen LogP contribution in [0.25, 0.3) is 0 Å². The Kier molecular flexibility index (Phi) is 7.06. The normalized spacial score (nSPS) is 16.1. The lowest BCUT2D eigenvalue weighted by Crippen LogP contribution is -2.46. The number of guanidine groups is 1. The number of piperidine rings is 1. The minimum atomic E-state index is 0.786. The van der Waals surface area contributed by atoms with Crippen molar-refractivity contribution in [2.75, 3.05) is 26.7 Å². The van der Waals surface area contributed by atoms with Gasteiger partial charge >= 0.3 is 0 Å². The van der Waals surface area contributed by atoms with Gasteiger partial charge in [0, 0.05) is 38.5 Å². The third-order valence-corrected chi connectivity index (χ3v) is 6.10. The first-order chi connectivity index (χ1) is 12.8. The molecule has 0 radical (unpaired) electrons. The van der Waals surface area contributed by atoms with Crippen molar-refractivity contribution in [3.05, 3.63) is 52.0 Å². The Hall–Kier alpha value is -1.88. The molecule has 0 bridgehead atoms. The highest BCUT2D eigenvalue weighted by Gasteiger charge is 2.21. The topological polar surface area (TPSA) is 40.5 Å². The Bertz CT molecular complexity index is 687. The molecule has 0 unspecified atom stereocenters. The molecule has 0 amide bonds. The monoisotopic (exact) mass is 370 g/mol. The summed E-state index contributed by atoms with van der Waals surface area (Å²) >= 11 is 1.76. The van der Waals surface area contributed by atoms with Gasteiger partial charge in [0.05, 0.1) is 10.7 Å². The third-order valence-electron chi connectivity index (χ3n) is 5.06. The lowest BCUT2D eigenvalue weighted by atomic mass is 9.90. The quantitative estimate of drug-likeness (QED) is 0.621. The Morgan fingerprint density at radius 3 is 2.69 bits per heavy atom. The molecule has 5 heteroatoms. The predicted molar refractivity (Wildman–Crippen MR) is 111 cm³/mol. The summed E-state index contributed by atoms with van der Waals surface area (Å²) in [5, 5.41) is 6.93. The number of hydrogen-bond donors (Lipinski definition) is 1. The molecule has 140 valence electrons. The molecule has 1 saturated heterocycles. The molecule has 0 aliphatic carbocycles. The first-order valence-corrected chi connectivity index (χ1v) is 10.6. The minimum Gasteiger partial charge on any atom is -0.356 e. The van der Waals surface area contributed by atoms with Crippen molar-refractivity contribution in [1.29, 1.82) is 0 Å². The molecule has 1 aliphatic rings. The van der Waals surface area contributed by atoms with Crippen molar-refractivity contribution < 1.29 is 0 Å². The summed E-state index contributed by atoms with van der Waals surface area (Å²) in [5.74, 6) is 1.82. The highest BCUT2D eigenvalue weighted by atomic mass is 32.1. The van der Waals surface area contributed by atoms with Crippen LogP contribution in [-0.2, 0) is 19.3 Å². The molecule has 1 aliphatic heterocycles. The molecule has 2 heterocycles. The second-order valence-electron chi connectivity index (χ2n) is 6.93. The van der Waals surface area contributed by atoms with Crippen LogP contribution in [0.4, 0.5) is 0 Å². The number of nitrogens with zero attached hydrogens (tertiary/aromatic N) is 3. The van der Waals surface area contributed by atoms with Crippen LogP contribution in [0.15, 0.2) is 40.7 Å². The summed E-state index contributed by atoms with van der Waals surface area (Å²) in [6.07, 6.45) is 5.66. The first-order valence-electron chi connectivity index (χ1n) is 9.71. The fraction of sp³-hybridized carbons (Fsp3) is 0.524. The van der Waals surface area contributed by atoms with Crippen LogP contribution in [0.1, 0.15) is 36.0 Å². The molecule has 3 rings (SSSR count). The molecular formula is C21H30N4S. The van der Waals surface area contributed by atoms with Gasteiger partial charge in [-0.15, -0.1) is 11.3 Å². The smallest absolute Gasteiger partial charge is 0.193 e. The van der Waals surface area contributed by atoms with Crippen molar-refractivity contribution in [2.24, 2.45) is 10.9 Å². The summed E-state index contributed by atoms with van der Waals surface area (Å²) < 4.78 is 0. The second kappa shape index (κ2) is 9.72. The van der Waals surface area contributed by atoms with E-state index >= 15 is 0 Å².